The number of hydrogen-bond acceptors (Lipinski definition) is 2. The predicted octanol–water partition coefficient (Wildman–Crippen LogP) is 2.51. The number of hydrogen-bond donors (Lipinski definition) is 1. The van der Waals surface area contributed by atoms with Crippen LogP contribution in [-0.2, 0) is 4.79 Å². The van der Waals surface area contributed by atoms with Crippen LogP contribution in [0.2, 0.25) is 0 Å². The molecule has 17 heavy (non-hydrogen) atoms. The molecule has 0 saturated carbocycles. The first-order valence-electron chi connectivity index (χ1n) is 5.80. The molecule has 4 heteroatoms. The highest BCUT2D eigenvalue weighted by molar-refractivity contribution is 5.77. The maximum Gasteiger partial charge on any atom is 0.258 e. The summed E-state index contributed by atoms with van der Waals surface area (Å²) in [6.07, 6.45) is 1.93. The molecule has 1 N–H and O–H groups in total. The fourth-order valence-corrected chi connectivity index (χ4v) is 1.53. The fourth-order valence-electron chi connectivity index (χ4n) is 1.53. The molecule has 1 atom stereocenters. The topological polar surface area (TPSA) is 38.3 Å². The van der Waals surface area contributed by atoms with Gasteiger partial charge in [-0.2, -0.15) is 0 Å². The van der Waals surface area contributed by atoms with Crippen LogP contribution in [0.1, 0.15) is 26.7 Å². The van der Waals surface area contributed by atoms with Crippen molar-refractivity contribution in [2.75, 3.05) is 6.61 Å². The molecule has 0 fully saturated rings. The number of rotatable bonds is 6. The maximum absolute atomic E-state index is 13.2. The van der Waals surface area contributed by atoms with Crippen molar-refractivity contribution in [2.45, 2.75) is 32.7 Å². The van der Waals surface area contributed by atoms with Crippen LogP contribution < -0.4 is 10.1 Å². The average molecular weight is 239 g/mol. The summed E-state index contributed by atoms with van der Waals surface area (Å²) in [6.45, 7) is 3.83. The monoisotopic (exact) mass is 239 g/mol. The molecule has 1 amide bonds. The van der Waals surface area contributed by atoms with E-state index in [1.54, 1.807) is 12.1 Å². The summed E-state index contributed by atoms with van der Waals surface area (Å²) in [5.74, 6) is -0.582. The molecule has 1 aromatic rings. The molecule has 94 valence electrons. The van der Waals surface area contributed by atoms with Crippen LogP contribution in [0.15, 0.2) is 24.3 Å². The van der Waals surface area contributed by atoms with Crippen LogP contribution in [0.25, 0.3) is 0 Å². The lowest BCUT2D eigenvalue weighted by Crippen LogP contribution is -2.36. The Labute approximate surface area is 101 Å². The molecule has 0 saturated heterocycles. The Morgan fingerprint density at radius 2 is 2.18 bits per heavy atom. The lowest BCUT2D eigenvalue weighted by molar-refractivity contribution is -0.123. The molecule has 3 nitrogen and oxygen atoms in total. The smallest absolute Gasteiger partial charge is 0.258 e. The second kappa shape index (κ2) is 6.89. The van der Waals surface area contributed by atoms with Gasteiger partial charge in [-0.05, 0) is 25.5 Å². The van der Waals surface area contributed by atoms with Crippen molar-refractivity contribution in [3.63, 3.8) is 0 Å². The number of carbonyl (C=O) groups is 1. The van der Waals surface area contributed by atoms with Crippen molar-refractivity contribution in [3.05, 3.63) is 30.1 Å². The second-order valence-corrected chi connectivity index (χ2v) is 3.98. The zero-order valence-corrected chi connectivity index (χ0v) is 10.2. The van der Waals surface area contributed by atoms with Crippen molar-refractivity contribution in [2.24, 2.45) is 0 Å². The molecular weight excluding hydrogens is 221 g/mol. The van der Waals surface area contributed by atoms with Gasteiger partial charge in [0.05, 0.1) is 0 Å². The maximum atomic E-state index is 13.2. The largest absolute Gasteiger partial charge is 0.481 e. The van der Waals surface area contributed by atoms with E-state index in [-0.39, 0.29) is 24.3 Å². The molecular formula is C13H18FNO2. The minimum absolute atomic E-state index is 0.103. The third-order valence-electron chi connectivity index (χ3n) is 2.32. The molecule has 0 aliphatic rings. The van der Waals surface area contributed by atoms with E-state index in [0.717, 1.165) is 12.8 Å². The first-order chi connectivity index (χ1) is 8.13. The Bertz CT molecular complexity index is 368. The van der Waals surface area contributed by atoms with Crippen molar-refractivity contribution < 1.29 is 13.9 Å². The van der Waals surface area contributed by atoms with Crippen molar-refractivity contribution in [1.82, 2.24) is 5.32 Å². The van der Waals surface area contributed by atoms with E-state index in [1.807, 2.05) is 6.92 Å². The number of halogens is 1. The molecule has 0 heterocycles. The van der Waals surface area contributed by atoms with Crippen LogP contribution in [0, 0.1) is 5.82 Å². The number of carbonyl (C=O) groups excluding carboxylic acids is 1. The number of nitrogens with one attached hydrogen (secondary N) is 1. The number of ether oxygens (including phenoxy) is 1. The molecule has 1 unspecified atom stereocenters. The van der Waals surface area contributed by atoms with Crippen molar-refractivity contribution in [1.29, 1.82) is 0 Å². The van der Waals surface area contributed by atoms with E-state index < -0.39 is 5.82 Å². The average Bonchev–Trinajstić information content (AvgIpc) is 2.28. The molecule has 1 aromatic carbocycles. The summed E-state index contributed by atoms with van der Waals surface area (Å²) in [5, 5.41) is 2.78. The van der Waals surface area contributed by atoms with Crippen LogP contribution >= 0.6 is 0 Å². The van der Waals surface area contributed by atoms with Gasteiger partial charge in [0.25, 0.3) is 5.91 Å². The lowest BCUT2D eigenvalue weighted by Gasteiger charge is -2.13. The quantitative estimate of drug-likeness (QED) is 0.828. The first kappa shape index (κ1) is 13.5. The summed E-state index contributed by atoms with van der Waals surface area (Å²) >= 11 is 0. The summed E-state index contributed by atoms with van der Waals surface area (Å²) in [4.78, 5) is 11.5. The third-order valence-corrected chi connectivity index (χ3v) is 2.32. The highest BCUT2D eigenvalue weighted by atomic mass is 19.1. The summed E-state index contributed by atoms with van der Waals surface area (Å²) in [7, 11) is 0. The van der Waals surface area contributed by atoms with Gasteiger partial charge in [0.15, 0.2) is 18.2 Å². The van der Waals surface area contributed by atoms with Gasteiger partial charge < -0.3 is 10.1 Å². The lowest BCUT2D eigenvalue weighted by atomic mass is 10.2. The predicted molar refractivity (Wildman–Crippen MR) is 64.4 cm³/mol. The Morgan fingerprint density at radius 1 is 1.47 bits per heavy atom. The summed E-state index contributed by atoms with van der Waals surface area (Å²) in [5.41, 5.74) is 0. The van der Waals surface area contributed by atoms with Gasteiger partial charge in [-0.25, -0.2) is 4.39 Å². The van der Waals surface area contributed by atoms with Crippen molar-refractivity contribution in [3.8, 4) is 5.75 Å². The molecule has 0 spiro atoms. The van der Waals surface area contributed by atoms with E-state index >= 15 is 0 Å². The molecule has 0 radical (unpaired) electrons. The Hall–Kier alpha value is -1.58. The zero-order chi connectivity index (χ0) is 12.7. The van der Waals surface area contributed by atoms with Gasteiger partial charge in [-0.3, -0.25) is 4.79 Å². The Kier molecular flexibility index (Phi) is 5.46. The molecule has 0 aromatic heterocycles. The van der Waals surface area contributed by atoms with Crippen LogP contribution in [-0.4, -0.2) is 18.6 Å². The van der Waals surface area contributed by atoms with Gasteiger partial charge in [-0.15, -0.1) is 0 Å². The SMILES string of the molecule is CCCC(C)NC(=O)COc1ccccc1F. The normalized spacial score (nSPS) is 11.9. The Morgan fingerprint density at radius 3 is 2.82 bits per heavy atom. The second-order valence-electron chi connectivity index (χ2n) is 3.98. The third kappa shape index (κ3) is 4.85. The highest BCUT2D eigenvalue weighted by Crippen LogP contribution is 2.14. The van der Waals surface area contributed by atoms with Gasteiger partial charge in [0.1, 0.15) is 0 Å². The molecule has 1 rings (SSSR count). The van der Waals surface area contributed by atoms with E-state index in [1.165, 1.54) is 12.1 Å². The van der Waals surface area contributed by atoms with Crippen molar-refractivity contribution >= 4 is 5.91 Å². The van der Waals surface area contributed by atoms with Gasteiger partial charge in [0, 0.05) is 6.04 Å². The van der Waals surface area contributed by atoms with E-state index in [4.69, 9.17) is 4.74 Å². The van der Waals surface area contributed by atoms with Crippen LogP contribution in [0.4, 0.5) is 4.39 Å². The van der Waals surface area contributed by atoms with Gasteiger partial charge in [0.2, 0.25) is 0 Å². The van der Waals surface area contributed by atoms with Crippen LogP contribution in [0.3, 0.4) is 0 Å². The number of para-hydroxylation sites is 1. The van der Waals surface area contributed by atoms with Gasteiger partial charge >= 0.3 is 0 Å². The summed E-state index contributed by atoms with van der Waals surface area (Å²) in [6, 6.07) is 6.16. The molecule has 0 bridgehead atoms. The zero-order valence-electron chi connectivity index (χ0n) is 10.2. The minimum atomic E-state index is -0.457. The van der Waals surface area contributed by atoms with E-state index in [2.05, 4.69) is 12.2 Å². The molecule has 0 aliphatic carbocycles. The first-order valence-corrected chi connectivity index (χ1v) is 5.80. The highest BCUT2D eigenvalue weighted by Gasteiger charge is 2.08. The van der Waals surface area contributed by atoms with Gasteiger partial charge in [-0.1, -0.05) is 25.5 Å². The Balaban J connectivity index is 2.36. The van der Waals surface area contributed by atoms with E-state index in [0.29, 0.717) is 0 Å². The fraction of sp³-hybridized carbons (Fsp3) is 0.462. The van der Waals surface area contributed by atoms with E-state index in [9.17, 15) is 9.18 Å². The standard InChI is InChI=1S/C13H18FNO2/c1-3-6-10(2)15-13(16)9-17-12-8-5-4-7-11(12)14/h4-5,7-8,10H,3,6,9H2,1-2H3,(H,15,16). The number of amides is 1. The number of benzene rings is 1. The minimum Gasteiger partial charge on any atom is -0.481 e. The van der Waals surface area contributed by atoms with Crippen LogP contribution in [0.5, 0.6) is 5.75 Å². The molecule has 0 aliphatic heterocycles. The summed E-state index contributed by atoms with van der Waals surface area (Å²) < 4.78 is 18.3.